The normalized spacial score (nSPS) is 19.9. The van der Waals surface area contributed by atoms with Gasteiger partial charge in [-0.05, 0) is 51.3 Å². The molecule has 7 heteroatoms. The first-order valence-electron chi connectivity index (χ1n) is 11.7. The summed E-state index contributed by atoms with van der Waals surface area (Å²) in [5.74, 6) is 0.510. The number of hydrogen-bond donors (Lipinski definition) is 0. The molecule has 172 valence electrons. The molecular formula is C25H34N4O3. The van der Waals surface area contributed by atoms with Crippen LogP contribution >= 0.6 is 0 Å². The lowest BCUT2D eigenvalue weighted by atomic mass is 9.95. The standard InChI is InChI=1S/C25H34N4O3/c1-5-27-9-11-28(12-10-27)24(30)20-7-6-8-29(16-20)25(31)21-15-22(32-26-21)23-18(3)13-17(2)14-19(23)4/h13-15,20H,5-12,16H2,1-4H3/t20-/m1/s1. The third-order valence-electron chi connectivity index (χ3n) is 6.84. The van der Waals surface area contributed by atoms with E-state index in [2.05, 4.69) is 36.0 Å². The number of aromatic nitrogens is 1. The molecule has 4 rings (SSSR count). The number of likely N-dealkylation sites (N-methyl/N-ethyl adjacent to an activating group) is 1. The molecular weight excluding hydrogens is 404 g/mol. The summed E-state index contributed by atoms with van der Waals surface area (Å²) in [6, 6.07) is 5.95. The highest BCUT2D eigenvalue weighted by atomic mass is 16.5. The molecule has 32 heavy (non-hydrogen) atoms. The summed E-state index contributed by atoms with van der Waals surface area (Å²) in [5, 5.41) is 4.08. The molecule has 2 fully saturated rings. The largest absolute Gasteiger partial charge is 0.355 e. The predicted octanol–water partition coefficient (Wildman–Crippen LogP) is 3.28. The smallest absolute Gasteiger partial charge is 0.276 e. The average molecular weight is 439 g/mol. The van der Waals surface area contributed by atoms with E-state index in [4.69, 9.17) is 4.52 Å². The van der Waals surface area contributed by atoms with Gasteiger partial charge in [0.05, 0.1) is 5.92 Å². The summed E-state index contributed by atoms with van der Waals surface area (Å²) in [4.78, 5) is 32.4. The molecule has 2 aromatic rings. The maximum atomic E-state index is 13.2. The lowest BCUT2D eigenvalue weighted by Crippen LogP contribution is -2.53. The van der Waals surface area contributed by atoms with E-state index in [1.807, 2.05) is 18.7 Å². The Morgan fingerprint density at radius 3 is 2.34 bits per heavy atom. The number of piperidine rings is 1. The van der Waals surface area contributed by atoms with E-state index in [0.29, 0.717) is 24.5 Å². The van der Waals surface area contributed by atoms with Crippen molar-refractivity contribution in [3.63, 3.8) is 0 Å². The molecule has 1 aromatic heterocycles. The number of amides is 2. The maximum Gasteiger partial charge on any atom is 0.276 e. The van der Waals surface area contributed by atoms with Gasteiger partial charge >= 0.3 is 0 Å². The molecule has 1 aromatic carbocycles. The quantitative estimate of drug-likeness (QED) is 0.733. The van der Waals surface area contributed by atoms with Crippen LogP contribution in [0.2, 0.25) is 0 Å². The molecule has 7 nitrogen and oxygen atoms in total. The van der Waals surface area contributed by atoms with Crippen molar-refractivity contribution < 1.29 is 14.1 Å². The van der Waals surface area contributed by atoms with Crippen LogP contribution in [-0.2, 0) is 4.79 Å². The molecule has 0 radical (unpaired) electrons. The second-order valence-electron chi connectivity index (χ2n) is 9.20. The minimum Gasteiger partial charge on any atom is -0.355 e. The Labute approximate surface area is 190 Å². The number of carbonyl (C=O) groups is 2. The van der Waals surface area contributed by atoms with Crippen LogP contribution in [0.4, 0.5) is 0 Å². The SMILES string of the molecule is CCN1CCN(C(=O)[C@@H]2CCCN(C(=O)c3cc(-c4c(C)cc(C)cc4C)on3)C2)CC1. The summed E-state index contributed by atoms with van der Waals surface area (Å²) in [6.45, 7) is 13.8. The molecule has 0 bridgehead atoms. The lowest BCUT2D eigenvalue weighted by Gasteiger charge is -2.38. The van der Waals surface area contributed by atoms with Gasteiger partial charge in [-0.25, -0.2) is 0 Å². The van der Waals surface area contributed by atoms with Crippen molar-refractivity contribution in [3.05, 3.63) is 40.6 Å². The van der Waals surface area contributed by atoms with Crippen molar-refractivity contribution in [2.24, 2.45) is 5.92 Å². The van der Waals surface area contributed by atoms with Crippen molar-refractivity contribution in [1.82, 2.24) is 19.9 Å². The molecule has 2 aliphatic heterocycles. The Hall–Kier alpha value is -2.67. The van der Waals surface area contributed by atoms with Gasteiger partial charge in [0.25, 0.3) is 5.91 Å². The van der Waals surface area contributed by atoms with Crippen LogP contribution in [0.5, 0.6) is 0 Å². The van der Waals surface area contributed by atoms with Crippen LogP contribution in [0, 0.1) is 26.7 Å². The Bertz CT molecular complexity index is 968. The summed E-state index contributed by atoms with van der Waals surface area (Å²) in [5.41, 5.74) is 4.69. The lowest BCUT2D eigenvalue weighted by molar-refractivity contribution is -0.138. The average Bonchev–Trinajstić information content (AvgIpc) is 3.27. The number of benzene rings is 1. The monoisotopic (exact) mass is 438 g/mol. The second-order valence-corrected chi connectivity index (χ2v) is 9.20. The Morgan fingerprint density at radius 2 is 1.69 bits per heavy atom. The summed E-state index contributed by atoms with van der Waals surface area (Å²) < 4.78 is 5.58. The van der Waals surface area contributed by atoms with Crippen molar-refractivity contribution in [3.8, 4) is 11.3 Å². The van der Waals surface area contributed by atoms with Gasteiger partial charge in [0, 0.05) is 50.9 Å². The van der Waals surface area contributed by atoms with E-state index < -0.39 is 0 Å². The van der Waals surface area contributed by atoms with E-state index >= 15 is 0 Å². The molecule has 3 heterocycles. The molecule has 2 saturated heterocycles. The number of rotatable bonds is 4. The zero-order valence-corrected chi connectivity index (χ0v) is 19.7. The zero-order valence-electron chi connectivity index (χ0n) is 19.7. The fraction of sp³-hybridized carbons (Fsp3) is 0.560. The van der Waals surface area contributed by atoms with Crippen LogP contribution in [0.3, 0.4) is 0 Å². The highest BCUT2D eigenvalue weighted by Gasteiger charge is 2.33. The Morgan fingerprint density at radius 1 is 1.00 bits per heavy atom. The van der Waals surface area contributed by atoms with Crippen LogP contribution in [-0.4, -0.2) is 77.5 Å². The van der Waals surface area contributed by atoms with Gasteiger partial charge in [0.15, 0.2) is 11.5 Å². The van der Waals surface area contributed by atoms with Gasteiger partial charge in [-0.1, -0.05) is 29.8 Å². The molecule has 0 aliphatic carbocycles. The highest BCUT2D eigenvalue weighted by molar-refractivity contribution is 5.94. The number of aryl methyl sites for hydroxylation is 3. The van der Waals surface area contributed by atoms with Crippen molar-refractivity contribution in [2.45, 2.75) is 40.5 Å². The van der Waals surface area contributed by atoms with Gasteiger partial charge in [-0.2, -0.15) is 0 Å². The fourth-order valence-electron chi connectivity index (χ4n) is 5.13. The molecule has 2 aliphatic rings. The second kappa shape index (κ2) is 9.45. The van der Waals surface area contributed by atoms with E-state index in [0.717, 1.165) is 62.3 Å². The molecule has 0 unspecified atom stereocenters. The highest BCUT2D eigenvalue weighted by Crippen LogP contribution is 2.30. The third-order valence-corrected chi connectivity index (χ3v) is 6.84. The van der Waals surface area contributed by atoms with E-state index in [1.54, 1.807) is 11.0 Å². The summed E-state index contributed by atoms with van der Waals surface area (Å²) >= 11 is 0. The predicted molar refractivity (Wildman–Crippen MR) is 123 cm³/mol. The van der Waals surface area contributed by atoms with Gasteiger partial charge < -0.3 is 19.2 Å². The van der Waals surface area contributed by atoms with Crippen LogP contribution in [0.15, 0.2) is 22.7 Å². The zero-order chi connectivity index (χ0) is 22.8. The Balaban J connectivity index is 1.44. The topological polar surface area (TPSA) is 69.9 Å². The number of nitrogens with zero attached hydrogens (tertiary/aromatic N) is 4. The molecule has 1 atom stereocenters. The number of hydrogen-bond acceptors (Lipinski definition) is 5. The molecule has 2 amide bonds. The van der Waals surface area contributed by atoms with Gasteiger partial charge in [-0.3, -0.25) is 9.59 Å². The Kier molecular flexibility index (Phi) is 6.65. The first-order chi connectivity index (χ1) is 15.4. The van der Waals surface area contributed by atoms with Crippen molar-refractivity contribution in [2.75, 3.05) is 45.8 Å². The third kappa shape index (κ3) is 4.58. The van der Waals surface area contributed by atoms with Crippen molar-refractivity contribution >= 4 is 11.8 Å². The summed E-state index contributed by atoms with van der Waals surface area (Å²) in [7, 11) is 0. The molecule has 0 N–H and O–H groups in total. The van der Waals surface area contributed by atoms with Crippen LogP contribution in [0.1, 0.15) is 46.9 Å². The number of piperazine rings is 1. The minimum absolute atomic E-state index is 0.131. The fourth-order valence-corrected chi connectivity index (χ4v) is 5.13. The molecule has 0 spiro atoms. The van der Waals surface area contributed by atoms with E-state index in [1.165, 1.54) is 5.56 Å². The summed E-state index contributed by atoms with van der Waals surface area (Å²) in [6.07, 6.45) is 1.67. The molecule has 0 saturated carbocycles. The van der Waals surface area contributed by atoms with E-state index in [-0.39, 0.29) is 17.7 Å². The number of carbonyl (C=O) groups excluding carboxylic acids is 2. The minimum atomic E-state index is -0.157. The van der Waals surface area contributed by atoms with Gasteiger partial charge in [0.2, 0.25) is 5.91 Å². The van der Waals surface area contributed by atoms with Gasteiger partial charge in [0.1, 0.15) is 0 Å². The first kappa shape index (κ1) is 22.5. The van der Waals surface area contributed by atoms with Crippen LogP contribution < -0.4 is 0 Å². The van der Waals surface area contributed by atoms with E-state index in [9.17, 15) is 9.59 Å². The van der Waals surface area contributed by atoms with Crippen molar-refractivity contribution in [1.29, 1.82) is 0 Å². The number of likely N-dealkylation sites (tertiary alicyclic amines) is 1. The van der Waals surface area contributed by atoms with Crippen LogP contribution in [0.25, 0.3) is 11.3 Å². The first-order valence-corrected chi connectivity index (χ1v) is 11.7. The maximum absolute atomic E-state index is 13.2. The van der Waals surface area contributed by atoms with Gasteiger partial charge in [-0.15, -0.1) is 0 Å².